The van der Waals surface area contributed by atoms with Crippen LogP contribution in [0.15, 0.2) is 24.3 Å². The summed E-state index contributed by atoms with van der Waals surface area (Å²) in [6, 6.07) is 6.40. The molecule has 3 nitrogen and oxygen atoms in total. The van der Waals surface area contributed by atoms with Crippen molar-refractivity contribution < 1.29 is 9.18 Å². The maximum Gasteiger partial charge on any atom is 0.229 e. The van der Waals surface area contributed by atoms with Gasteiger partial charge in [-0.15, -0.1) is 12.4 Å². The van der Waals surface area contributed by atoms with Crippen molar-refractivity contribution in [3.8, 4) is 0 Å². The first-order valence-electron chi connectivity index (χ1n) is 7.90. The number of nitrogens with zero attached hydrogens (tertiary/aromatic N) is 1. The summed E-state index contributed by atoms with van der Waals surface area (Å²) in [5.41, 5.74) is 0.770. The van der Waals surface area contributed by atoms with Crippen LogP contribution in [0.1, 0.15) is 31.2 Å². The summed E-state index contributed by atoms with van der Waals surface area (Å²) in [6.45, 7) is 5.73. The van der Waals surface area contributed by atoms with E-state index in [-0.39, 0.29) is 30.0 Å². The Morgan fingerprint density at radius 3 is 2.50 bits per heavy atom. The van der Waals surface area contributed by atoms with Crippen molar-refractivity contribution in [2.75, 3.05) is 26.2 Å². The molecule has 1 amide bonds. The van der Waals surface area contributed by atoms with Gasteiger partial charge in [0.2, 0.25) is 5.91 Å². The fraction of sp³-hybridized carbons (Fsp3) is 0.588. The summed E-state index contributed by atoms with van der Waals surface area (Å²) in [4.78, 5) is 14.7. The lowest BCUT2D eigenvalue weighted by molar-refractivity contribution is -0.132. The minimum absolute atomic E-state index is 0. The standard InChI is InChI=1S/C17H23FN2O.ClH/c1-12(13-3-2-4-16(18)9-13)17(21)20-7-5-14-10-19-11-15(14)6-8-20;/h2-4,9,12,14-15,19H,5-8,10-11H2,1H3;1H/t12?,14-,15+;. The van der Waals surface area contributed by atoms with Crippen LogP contribution in [0.2, 0.25) is 0 Å². The largest absolute Gasteiger partial charge is 0.342 e. The molecule has 2 heterocycles. The van der Waals surface area contributed by atoms with Crippen molar-refractivity contribution in [2.24, 2.45) is 11.8 Å². The molecule has 1 N–H and O–H groups in total. The lowest BCUT2D eigenvalue weighted by Gasteiger charge is -2.25. The zero-order valence-corrected chi connectivity index (χ0v) is 13.7. The smallest absolute Gasteiger partial charge is 0.229 e. The molecule has 0 saturated carbocycles. The van der Waals surface area contributed by atoms with Crippen LogP contribution in [0, 0.1) is 17.7 Å². The van der Waals surface area contributed by atoms with E-state index in [4.69, 9.17) is 0 Å². The average Bonchev–Trinajstić information content (AvgIpc) is 2.84. The van der Waals surface area contributed by atoms with E-state index in [1.807, 2.05) is 17.9 Å². The van der Waals surface area contributed by atoms with Crippen molar-refractivity contribution >= 4 is 18.3 Å². The number of rotatable bonds is 2. The van der Waals surface area contributed by atoms with E-state index in [1.165, 1.54) is 12.1 Å². The molecular weight excluding hydrogens is 303 g/mol. The summed E-state index contributed by atoms with van der Waals surface area (Å²) in [6.07, 6.45) is 2.17. The van der Waals surface area contributed by atoms with Crippen LogP contribution < -0.4 is 5.32 Å². The average molecular weight is 327 g/mol. The number of amides is 1. The fourth-order valence-corrected chi connectivity index (χ4v) is 3.63. The van der Waals surface area contributed by atoms with Gasteiger partial charge in [-0.1, -0.05) is 12.1 Å². The van der Waals surface area contributed by atoms with E-state index in [0.29, 0.717) is 11.8 Å². The molecule has 1 unspecified atom stereocenters. The molecule has 2 aliphatic heterocycles. The molecule has 1 aromatic rings. The highest BCUT2D eigenvalue weighted by Gasteiger charge is 2.32. The van der Waals surface area contributed by atoms with Crippen LogP contribution in [0.4, 0.5) is 4.39 Å². The van der Waals surface area contributed by atoms with Gasteiger partial charge in [0.05, 0.1) is 5.92 Å². The number of fused-ring (bicyclic) bond motifs is 1. The van der Waals surface area contributed by atoms with Gasteiger partial charge in [0.25, 0.3) is 0 Å². The third kappa shape index (κ3) is 3.61. The third-order valence-electron chi connectivity index (χ3n) is 5.05. The lowest BCUT2D eigenvalue weighted by Crippen LogP contribution is -2.35. The molecule has 22 heavy (non-hydrogen) atoms. The van der Waals surface area contributed by atoms with E-state index in [2.05, 4.69) is 5.32 Å². The number of halogens is 2. The first-order chi connectivity index (χ1) is 10.1. The Kier molecular flexibility index (Phi) is 5.81. The molecule has 2 aliphatic rings. The Balaban J connectivity index is 0.00000176. The van der Waals surface area contributed by atoms with Crippen LogP contribution in [0.25, 0.3) is 0 Å². The number of nitrogens with one attached hydrogen (secondary N) is 1. The number of hydrogen-bond acceptors (Lipinski definition) is 2. The van der Waals surface area contributed by atoms with Crippen LogP contribution in [-0.2, 0) is 4.79 Å². The van der Waals surface area contributed by atoms with E-state index < -0.39 is 0 Å². The minimum atomic E-state index is -0.274. The van der Waals surface area contributed by atoms with Crippen LogP contribution >= 0.6 is 12.4 Å². The molecule has 122 valence electrons. The molecule has 2 fully saturated rings. The second-order valence-electron chi connectivity index (χ2n) is 6.36. The Hall–Kier alpha value is -1.13. The monoisotopic (exact) mass is 326 g/mol. The number of likely N-dealkylation sites (tertiary alicyclic amines) is 1. The number of carbonyl (C=O) groups excluding carboxylic acids is 1. The normalized spacial score (nSPS) is 25.8. The second-order valence-corrected chi connectivity index (χ2v) is 6.36. The molecule has 2 saturated heterocycles. The Labute approximate surface area is 137 Å². The highest BCUT2D eigenvalue weighted by atomic mass is 35.5. The Morgan fingerprint density at radius 2 is 1.91 bits per heavy atom. The molecule has 5 heteroatoms. The van der Waals surface area contributed by atoms with Crippen LogP contribution in [0.5, 0.6) is 0 Å². The highest BCUT2D eigenvalue weighted by Crippen LogP contribution is 2.28. The van der Waals surface area contributed by atoms with E-state index >= 15 is 0 Å². The predicted octanol–water partition coefficient (Wildman–Crippen LogP) is 2.81. The van der Waals surface area contributed by atoms with Crippen LogP contribution in [0.3, 0.4) is 0 Å². The Morgan fingerprint density at radius 1 is 1.27 bits per heavy atom. The summed E-state index contributed by atoms with van der Waals surface area (Å²) >= 11 is 0. The van der Waals surface area contributed by atoms with Gasteiger partial charge in [0, 0.05) is 13.1 Å². The van der Waals surface area contributed by atoms with Crippen molar-refractivity contribution in [1.29, 1.82) is 0 Å². The molecule has 0 aliphatic carbocycles. The zero-order chi connectivity index (χ0) is 14.8. The SMILES string of the molecule is CC(C(=O)N1CC[C@@H]2CNC[C@@H]2CC1)c1cccc(F)c1.Cl. The molecule has 0 bridgehead atoms. The molecule has 0 spiro atoms. The highest BCUT2D eigenvalue weighted by molar-refractivity contribution is 5.85. The predicted molar refractivity (Wildman–Crippen MR) is 87.7 cm³/mol. The van der Waals surface area contributed by atoms with Gasteiger partial charge in [-0.3, -0.25) is 4.79 Å². The lowest BCUT2D eigenvalue weighted by atomic mass is 9.92. The summed E-state index contributed by atoms with van der Waals surface area (Å²) in [7, 11) is 0. The third-order valence-corrected chi connectivity index (χ3v) is 5.05. The number of benzene rings is 1. The van der Waals surface area contributed by atoms with E-state index in [9.17, 15) is 9.18 Å². The quantitative estimate of drug-likeness (QED) is 0.906. The summed E-state index contributed by atoms with van der Waals surface area (Å²) in [5, 5.41) is 3.45. The van der Waals surface area contributed by atoms with Gasteiger partial charge in [0.15, 0.2) is 0 Å². The summed E-state index contributed by atoms with van der Waals surface area (Å²) < 4.78 is 13.3. The van der Waals surface area contributed by atoms with Gasteiger partial charge >= 0.3 is 0 Å². The summed E-state index contributed by atoms with van der Waals surface area (Å²) in [5.74, 6) is 1.02. The second kappa shape index (κ2) is 7.42. The van der Waals surface area contributed by atoms with Gasteiger partial charge in [0.1, 0.15) is 5.82 Å². The van der Waals surface area contributed by atoms with E-state index in [0.717, 1.165) is 44.6 Å². The van der Waals surface area contributed by atoms with Gasteiger partial charge in [-0.2, -0.15) is 0 Å². The number of hydrogen-bond donors (Lipinski definition) is 1. The van der Waals surface area contributed by atoms with Gasteiger partial charge in [-0.25, -0.2) is 4.39 Å². The number of carbonyl (C=O) groups is 1. The molecule has 3 atom stereocenters. The Bertz CT molecular complexity index is 511. The maximum absolute atomic E-state index is 13.3. The minimum Gasteiger partial charge on any atom is -0.342 e. The molecule has 0 radical (unpaired) electrons. The first-order valence-corrected chi connectivity index (χ1v) is 7.90. The van der Waals surface area contributed by atoms with Gasteiger partial charge in [-0.05, 0) is 62.4 Å². The maximum atomic E-state index is 13.3. The molecule has 1 aromatic carbocycles. The van der Waals surface area contributed by atoms with E-state index in [1.54, 1.807) is 6.07 Å². The van der Waals surface area contributed by atoms with Gasteiger partial charge < -0.3 is 10.2 Å². The molecule has 0 aromatic heterocycles. The topological polar surface area (TPSA) is 32.3 Å². The zero-order valence-electron chi connectivity index (χ0n) is 12.9. The van der Waals surface area contributed by atoms with Crippen molar-refractivity contribution in [1.82, 2.24) is 10.2 Å². The fourth-order valence-electron chi connectivity index (χ4n) is 3.63. The van der Waals surface area contributed by atoms with Crippen molar-refractivity contribution in [3.05, 3.63) is 35.6 Å². The molecular formula is C17H24ClFN2O. The van der Waals surface area contributed by atoms with Crippen molar-refractivity contribution in [3.63, 3.8) is 0 Å². The first kappa shape index (κ1) is 17.2. The van der Waals surface area contributed by atoms with Crippen LogP contribution in [-0.4, -0.2) is 37.0 Å². The van der Waals surface area contributed by atoms with Crippen molar-refractivity contribution in [2.45, 2.75) is 25.7 Å². The molecule has 3 rings (SSSR count).